The predicted octanol–water partition coefficient (Wildman–Crippen LogP) is 13.2. The zero-order valence-electron chi connectivity index (χ0n) is 31.1. The maximum absolute atomic E-state index is 6.51. The zero-order valence-corrected chi connectivity index (χ0v) is 31.1. The van der Waals surface area contributed by atoms with E-state index in [4.69, 9.17) is 9.41 Å². The number of rotatable bonds is 6. The molecule has 0 bridgehead atoms. The first kappa shape index (κ1) is 33.1. The fourth-order valence-corrected chi connectivity index (χ4v) is 8.54. The van der Waals surface area contributed by atoms with Crippen molar-refractivity contribution in [2.24, 2.45) is 4.99 Å². The van der Waals surface area contributed by atoms with Crippen molar-refractivity contribution in [1.29, 1.82) is 0 Å². The third kappa shape index (κ3) is 5.95. The minimum Gasteiger partial charge on any atom is -0.456 e. The number of aliphatic imine (C=N–C) groups is 1. The molecule has 0 radical (unpaired) electrons. The first-order valence-corrected chi connectivity index (χ1v) is 19.5. The van der Waals surface area contributed by atoms with Crippen molar-refractivity contribution in [2.45, 2.75) is 12.3 Å². The summed E-state index contributed by atoms with van der Waals surface area (Å²) in [5.74, 6) is 0.859. The second-order valence-electron chi connectivity index (χ2n) is 14.8. The summed E-state index contributed by atoms with van der Waals surface area (Å²) in [7, 11) is 0. The van der Waals surface area contributed by atoms with Gasteiger partial charge in [0.2, 0.25) is 0 Å². The van der Waals surface area contributed by atoms with Gasteiger partial charge in [-0.3, -0.25) is 5.32 Å². The molecule has 9 aromatic carbocycles. The van der Waals surface area contributed by atoms with Gasteiger partial charge < -0.3 is 9.73 Å². The van der Waals surface area contributed by atoms with E-state index in [0.717, 1.165) is 50.0 Å². The Kier molecular flexibility index (Phi) is 8.01. The lowest BCUT2D eigenvalue weighted by Crippen LogP contribution is -2.45. The molecule has 1 aliphatic heterocycles. The Morgan fingerprint density at radius 3 is 1.93 bits per heavy atom. The number of benzene rings is 9. The van der Waals surface area contributed by atoms with Crippen molar-refractivity contribution < 1.29 is 4.42 Å². The van der Waals surface area contributed by atoms with E-state index < -0.39 is 0 Å². The van der Waals surface area contributed by atoms with Crippen LogP contribution in [-0.2, 0) is 0 Å². The number of hydrogen-bond acceptors (Lipinski definition) is 4. The van der Waals surface area contributed by atoms with Crippen molar-refractivity contribution in [3.63, 3.8) is 0 Å². The normalized spacial score (nSPS) is 15.5. The molecule has 0 spiro atoms. The van der Waals surface area contributed by atoms with Crippen LogP contribution in [0.15, 0.2) is 210 Å². The maximum atomic E-state index is 6.51. The van der Waals surface area contributed by atoms with Crippen LogP contribution in [0.3, 0.4) is 0 Å². The summed E-state index contributed by atoms with van der Waals surface area (Å²) in [6.45, 7) is 0. The van der Waals surface area contributed by atoms with Gasteiger partial charge in [0, 0.05) is 16.3 Å². The van der Waals surface area contributed by atoms with Crippen LogP contribution in [0.5, 0.6) is 0 Å². The Hall–Kier alpha value is -7.27. The molecule has 2 heterocycles. The Morgan fingerprint density at radius 2 is 1.07 bits per heavy atom. The molecule has 0 fully saturated rings. The third-order valence-corrected chi connectivity index (χ3v) is 11.4. The van der Waals surface area contributed by atoms with Gasteiger partial charge in [-0.2, -0.15) is 0 Å². The van der Waals surface area contributed by atoms with Gasteiger partial charge >= 0.3 is 0 Å². The Morgan fingerprint density at radius 1 is 0.421 bits per heavy atom. The third-order valence-electron chi connectivity index (χ3n) is 11.4. The quantitative estimate of drug-likeness (QED) is 0.179. The molecule has 10 aromatic rings. The summed E-state index contributed by atoms with van der Waals surface area (Å²) < 4.78 is 6.51. The lowest BCUT2D eigenvalue weighted by atomic mass is 9.91. The van der Waals surface area contributed by atoms with Crippen LogP contribution in [0, 0.1) is 0 Å². The van der Waals surface area contributed by atoms with E-state index in [2.05, 4.69) is 205 Å². The molecular weight excluding hydrogens is 695 g/mol. The highest BCUT2D eigenvalue weighted by Gasteiger charge is 2.27. The van der Waals surface area contributed by atoms with Crippen molar-refractivity contribution in [2.75, 3.05) is 0 Å². The van der Waals surface area contributed by atoms with E-state index >= 15 is 0 Å². The van der Waals surface area contributed by atoms with E-state index in [-0.39, 0.29) is 12.3 Å². The van der Waals surface area contributed by atoms with Crippen LogP contribution < -0.4 is 10.6 Å². The molecule has 0 amide bonds. The number of nitrogens with zero attached hydrogens (tertiary/aromatic N) is 1. The first-order chi connectivity index (χ1) is 28.2. The van der Waals surface area contributed by atoms with Crippen molar-refractivity contribution >= 4 is 49.3 Å². The summed E-state index contributed by atoms with van der Waals surface area (Å²) >= 11 is 0. The summed E-state index contributed by atoms with van der Waals surface area (Å²) in [5.41, 5.74) is 12.1. The van der Waals surface area contributed by atoms with Crippen LogP contribution in [-0.4, -0.2) is 5.84 Å². The summed E-state index contributed by atoms with van der Waals surface area (Å²) in [4.78, 5) is 5.23. The summed E-state index contributed by atoms with van der Waals surface area (Å²) in [5, 5.41) is 14.7. The first-order valence-electron chi connectivity index (χ1n) is 19.5. The van der Waals surface area contributed by atoms with Gasteiger partial charge in [-0.15, -0.1) is 0 Å². The summed E-state index contributed by atoms with van der Waals surface area (Å²) in [6.07, 6.45) is -0.437. The van der Waals surface area contributed by atoms with Gasteiger partial charge in [-0.1, -0.05) is 176 Å². The number of nitrogens with one attached hydrogen (secondary N) is 2. The van der Waals surface area contributed by atoms with Gasteiger partial charge in [0.1, 0.15) is 29.3 Å². The standard InChI is InChI=1S/C53H37N3O/c1-3-12-34(13-4-1)36-24-27-38(28-25-36)52-54-51(37-15-5-2-6-16-37)55-53(56-52)46-22-10-18-42-43(19-9-20-44(42)46)45-21-11-23-49-50(45)47-33-41(30-31-48(47)57-49)40-29-26-35-14-7-8-17-39(35)32-40/h1-33,51,53,55H,(H,54,56). The van der Waals surface area contributed by atoms with Crippen molar-refractivity contribution in [1.82, 2.24) is 10.6 Å². The average Bonchev–Trinajstić information content (AvgIpc) is 3.67. The predicted molar refractivity (Wildman–Crippen MR) is 236 cm³/mol. The number of amidine groups is 1. The molecule has 1 aromatic heterocycles. The fourth-order valence-electron chi connectivity index (χ4n) is 8.54. The molecule has 2 N–H and O–H groups in total. The minimum absolute atomic E-state index is 0.203. The Balaban J connectivity index is 1.01. The molecule has 0 saturated carbocycles. The second kappa shape index (κ2) is 13.8. The molecule has 4 nitrogen and oxygen atoms in total. The van der Waals surface area contributed by atoms with E-state index in [9.17, 15) is 0 Å². The maximum Gasteiger partial charge on any atom is 0.136 e. The van der Waals surface area contributed by atoms with Gasteiger partial charge in [-0.05, 0) is 90.3 Å². The number of furan rings is 1. The average molecular weight is 732 g/mol. The molecule has 1 aliphatic rings. The monoisotopic (exact) mass is 731 g/mol. The Labute approximate surface area is 330 Å². The molecule has 0 aliphatic carbocycles. The van der Waals surface area contributed by atoms with Gasteiger partial charge in [0.25, 0.3) is 0 Å². The lowest BCUT2D eigenvalue weighted by Gasteiger charge is -2.33. The second-order valence-corrected chi connectivity index (χ2v) is 14.8. The highest BCUT2D eigenvalue weighted by Crippen LogP contribution is 2.42. The van der Waals surface area contributed by atoms with Crippen LogP contribution in [0.25, 0.3) is 76.9 Å². The SMILES string of the molecule is c1ccc(-c2ccc(C3=NC(c4ccccc4)NC(c4cccc5c(-c6cccc7oc8ccc(-c9ccc%10ccccc%10c9)cc8c67)cccc45)N3)cc2)cc1. The van der Waals surface area contributed by atoms with E-state index in [1.165, 1.54) is 49.4 Å². The molecule has 57 heavy (non-hydrogen) atoms. The van der Waals surface area contributed by atoms with Gasteiger partial charge in [0.05, 0.1) is 0 Å². The fraction of sp³-hybridized carbons (Fsp3) is 0.0377. The largest absolute Gasteiger partial charge is 0.456 e. The molecule has 0 saturated heterocycles. The zero-order chi connectivity index (χ0) is 37.7. The lowest BCUT2D eigenvalue weighted by molar-refractivity contribution is 0.411. The molecule has 2 unspecified atom stereocenters. The van der Waals surface area contributed by atoms with Gasteiger partial charge in [0.15, 0.2) is 0 Å². The Bertz CT molecular complexity index is 3130. The summed E-state index contributed by atoms with van der Waals surface area (Å²) in [6, 6.07) is 71.2. The highest BCUT2D eigenvalue weighted by atomic mass is 16.3. The van der Waals surface area contributed by atoms with Crippen LogP contribution in [0.2, 0.25) is 0 Å². The van der Waals surface area contributed by atoms with Crippen LogP contribution in [0.1, 0.15) is 29.0 Å². The number of fused-ring (bicyclic) bond motifs is 5. The van der Waals surface area contributed by atoms with E-state index in [1.807, 2.05) is 6.07 Å². The van der Waals surface area contributed by atoms with Crippen LogP contribution in [0.4, 0.5) is 0 Å². The highest BCUT2D eigenvalue weighted by molar-refractivity contribution is 6.16. The molecule has 270 valence electrons. The topological polar surface area (TPSA) is 49.6 Å². The molecule has 4 heteroatoms. The van der Waals surface area contributed by atoms with Crippen LogP contribution >= 0.6 is 0 Å². The van der Waals surface area contributed by atoms with E-state index in [1.54, 1.807) is 0 Å². The van der Waals surface area contributed by atoms with Crippen molar-refractivity contribution in [3.05, 3.63) is 217 Å². The molecular formula is C53H37N3O. The molecule has 2 atom stereocenters. The van der Waals surface area contributed by atoms with E-state index in [0.29, 0.717) is 0 Å². The molecule has 11 rings (SSSR count). The smallest absolute Gasteiger partial charge is 0.136 e. The number of hydrogen-bond donors (Lipinski definition) is 2. The minimum atomic E-state index is -0.234. The van der Waals surface area contributed by atoms with Gasteiger partial charge in [-0.25, -0.2) is 4.99 Å². The van der Waals surface area contributed by atoms with Crippen molar-refractivity contribution in [3.8, 4) is 33.4 Å².